The zero-order valence-electron chi connectivity index (χ0n) is 12.3. The van der Waals surface area contributed by atoms with E-state index in [9.17, 15) is 20.0 Å². The highest BCUT2D eigenvalue weighted by Crippen LogP contribution is 2.29. The summed E-state index contributed by atoms with van der Waals surface area (Å²) in [7, 11) is 0. The lowest BCUT2D eigenvalue weighted by Crippen LogP contribution is -2.39. The molecule has 1 fully saturated rings. The molecule has 2 atom stereocenters. The third-order valence-electron chi connectivity index (χ3n) is 4.23. The van der Waals surface area contributed by atoms with E-state index >= 15 is 0 Å². The molecule has 0 aliphatic carbocycles. The molecule has 0 aromatic heterocycles. The Morgan fingerprint density at radius 3 is 2.76 bits per heavy atom. The van der Waals surface area contributed by atoms with E-state index in [1.165, 1.54) is 0 Å². The van der Waals surface area contributed by atoms with Crippen molar-refractivity contribution in [3.8, 4) is 0 Å². The normalized spacial score (nSPS) is 22.4. The molecule has 1 aliphatic rings. The minimum Gasteiger partial charge on any atom is -0.480 e. The van der Waals surface area contributed by atoms with Crippen molar-refractivity contribution < 1.29 is 14.8 Å². The Labute approximate surface area is 123 Å². The van der Waals surface area contributed by atoms with Crippen molar-refractivity contribution in [3.63, 3.8) is 0 Å². The maximum absolute atomic E-state index is 11.3. The van der Waals surface area contributed by atoms with E-state index in [0.717, 1.165) is 18.4 Å². The lowest BCUT2D eigenvalue weighted by molar-refractivity contribution is -0.385. The van der Waals surface area contributed by atoms with Gasteiger partial charge in [-0.05, 0) is 31.7 Å². The molecule has 1 heterocycles. The van der Waals surface area contributed by atoms with Gasteiger partial charge in [0.15, 0.2) is 0 Å². The van der Waals surface area contributed by atoms with Crippen LogP contribution in [0.1, 0.15) is 37.3 Å². The van der Waals surface area contributed by atoms with Gasteiger partial charge in [-0.25, -0.2) is 0 Å². The minimum atomic E-state index is -0.812. The van der Waals surface area contributed by atoms with Crippen LogP contribution >= 0.6 is 0 Å². The third-order valence-corrected chi connectivity index (χ3v) is 4.23. The summed E-state index contributed by atoms with van der Waals surface area (Å²) < 4.78 is 0. The first kappa shape index (κ1) is 15.4. The summed E-state index contributed by atoms with van der Waals surface area (Å²) in [6.07, 6.45) is 2.39. The number of aliphatic carboxylic acids is 1. The predicted molar refractivity (Wildman–Crippen MR) is 78.1 cm³/mol. The number of hydrogen-bond acceptors (Lipinski definition) is 4. The molecule has 114 valence electrons. The van der Waals surface area contributed by atoms with Gasteiger partial charge in [0.2, 0.25) is 0 Å². The first-order valence-electron chi connectivity index (χ1n) is 7.16. The first-order chi connectivity index (χ1) is 9.93. The molecule has 0 radical (unpaired) electrons. The van der Waals surface area contributed by atoms with Gasteiger partial charge in [0, 0.05) is 24.2 Å². The Hall–Kier alpha value is -1.95. The first-order valence-corrected chi connectivity index (χ1v) is 7.16. The van der Waals surface area contributed by atoms with Crippen LogP contribution in [0.4, 0.5) is 5.69 Å². The number of aryl methyl sites for hydroxylation is 1. The standard InChI is InChI=1S/C15H20N2O4/c1-3-12-6-7-13(15(18)19)16(12)9-11-5-4-10(2)14(8-11)17(20)21/h4-5,8,12-13H,3,6-7,9H2,1-2H3,(H,18,19). The molecule has 0 saturated carbocycles. The number of carboxylic acid groups (broad SMARTS) is 1. The summed E-state index contributed by atoms with van der Waals surface area (Å²) in [5.41, 5.74) is 1.50. The second-order valence-electron chi connectivity index (χ2n) is 5.54. The van der Waals surface area contributed by atoms with Crippen LogP contribution < -0.4 is 0 Å². The van der Waals surface area contributed by atoms with Crippen molar-refractivity contribution in [1.29, 1.82) is 0 Å². The number of likely N-dealkylation sites (tertiary alicyclic amines) is 1. The van der Waals surface area contributed by atoms with Crippen molar-refractivity contribution in [2.75, 3.05) is 0 Å². The van der Waals surface area contributed by atoms with Gasteiger partial charge in [-0.15, -0.1) is 0 Å². The summed E-state index contributed by atoms with van der Waals surface area (Å²) in [4.78, 5) is 23.9. The van der Waals surface area contributed by atoms with Crippen LogP contribution in [0.5, 0.6) is 0 Å². The van der Waals surface area contributed by atoms with Gasteiger partial charge in [0.1, 0.15) is 6.04 Å². The lowest BCUT2D eigenvalue weighted by Gasteiger charge is -2.27. The topological polar surface area (TPSA) is 83.7 Å². The summed E-state index contributed by atoms with van der Waals surface area (Å²) in [6.45, 7) is 4.18. The average molecular weight is 292 g/mol. The number of nitro groups is 1. The second-order valence-corrected chi connectivity index (χ2v) is 5.54. The molecule has 6 nitrogen and oxygen atoms in total. The van der Waals surface area contributed by atoms with Crippen molar-refractivity contribution in [1.82, 2.24) is 4.90 Å². The molecule has 2 rings (SSSR count). The minimum absolute atomic E-state index is 0.0895. The van der Waals surface area contributed by atoms with E-state index in [1.807, 2.05) is 17.9 Å². The number of carboxylic acids is 1. The number of hydrogen-bond donors (Lipinski definition) is 1. The highest BCUT2D eigenvalue weighted by Gasteiger charge is 2.36. The zero-order chi connectivity index (χ0) is 15.6. The van der Waals surface area contributed by atoms with Crippen molar-refractivity contribution in [2.45, 2.75) is 51.7 Å². The Morgan fingerprint density at radius 1 is 1.48 bits per heavy atom. The van der Waals surface area contributed by atoms with E-state index in [4.69, 9.17) is 0 Å². The maximum Gasteiger partial charge on any atom is 0.320 e. The fourth-order valence-corrected chi connectivity index (χ4v) is 3.04. The molecule has 6 heteroatoms. The van der Waals surface area contributed by atoms with Crippen molar-refractivity contribution >= 4 is 11.7 Å². The van der Waals surface area contributed by atoms with Crippen LogP contribution in [-0.4, -0.2) is 33.0 Å². The van der Waals surface area contributed by atoms with Gasteiger partial charge in [0.05, 0.1) is 4.92 Å². The number of carbonyl (C=O) groups is 1. The number of nitro benzene ring substituents is 1. The van der Waals surface area contributed by atoms with E-state index in [2.05, 4.69) is 0 Å². The molecule has 1 aromatic rings. The fraction of sp³-hybridized carbons (Fsp3) is 0.533. The maximum atomic E-state index is 11.3. The van der Waals surface area contributed by atoms with E-state index in [-0.39, 0.29) is 11.7 Å². The van der Waals surface area contributed by atoms with E-state index < -0.39 is 16.9 Å². The molecule has 0 amide bonds. The van der Waals surface area contributed by atoms with Crippen LogP contribution in [0.15, 0.2) is 18.2 Å². The Bertz CT molecular complexity index is 559. The highest BCUT2D eigenvalue weighted by molar-refractivity contribution is 5.74. The van der Waals surface area contributed by atoms with Gasteiger partial charge in [-0.3, -0.25) is 19.8 Å². The van der Waals surface area contributed by atoms with Gasteiger partial charge in [-0.2, -0.15) is 0 Å². The Balaban J connectivity index is 2.24. The third kappa shape index (κ3) is 3.21. The summed E-state index contributed by atoms with van der Waals surface area (Å²) in [5.74, 6) is -0.812. The zero-order valence-corrected chi connectivity index (χ0v) is 12.3. The molecule has 0 spiro atoms. The number of benzene rings is 1. The predicted octanol–water partition coefficient (Wildman–Crippen LogP) is 2.73. The van der Waals surface area contributed by atoms with Crippen LogP contribution in [-0.2, 0) is 11.3 Å². The molecule has 1 saturated heterocycles. The van der Waals surface area contributed by atoms with Crippen molar-refractivity contribution in [3.05, 3.63) is 39.4 Å². The largest absolute Gasteiger partial charge is 0.480 e. The number of rotatable bonds is 5. The average Bonchev–Trinajstić information content (AvgIpc) is 2.83. The second kappa shape index (κ2) is 6.22. The lowest BCUT2D eigenvalue weighted by atomic mass is 10.1. The van der Waals surface area contributed by atoms with E-state index in [0.29, 0.717) is 18.5 Å². The molecule has 21 heavy (non-hydrogen) atoms. The summed E-state index contributed by atoms with van der Waals surface area (Å²) in [5, 5.41) is 20.3. The molecular weight excluding hydrogens is 272 g/mol. The monoisotopic (exact) mass is 292 g/mol. The molecule has 1 aliphatic heterocycles. The van der Waals surface area contributed by atoms with Crippen LogP contribution in [0, 0.1) is 17.0 Å². The molecular formula is C15H20N2O4. The molecule has 2 unspecified atom stereocenters. The molecule has 1 N–H and O–H groups in total. The smallest absolute Gasteiger partial charge is 0.320 e. The number of nitrogens with zero attached hydrogens (tertiary/aromatic N) is 2. The Morgan fingerprint density at radius 2 is 2.19 bits per heavy atom. The van der Waals surface area contributed by atoms with Gasteiger partial charge in [0.25, 0.3) is 5.69 Å². The highest BCUT2D eigenvalue weighted by atomic mass is 16.6. The molecule has 0 bridgehead atoms. The molecule has 1 aromatic carbocycles. The fourth-order valence-electron chi connectivity index (χ4n) is 3.04. The van der Waals surface area contributed by atoms with E-state index in [1.54, 1.807) is 19.1 Å². The summed E-state index contributed by atoms with van der Waals surface area (Å²) in [6, 6.07) is 4.85. The Kier molecular flexibility index (Phi) is 4.57. The summed E-state index contributed by atoms with van der Waals surface area (Å²) >= 11 is 0. The van der Waals surface area contributed by atoms with Crippen LogP contribution in [0.3, 0.4) is 0 Å². The SMILES string of the molecule is CCC1CCC(C(=O)O)N1Cc1ccc(C)c([N+](=O)[O-])c1. The van der Waals surface area contributed by atoms with Crippen LogP contribution in [0.2, 0.25) is 0 Å². The van der Waals surface area contributed by atoms with Gasteiger partial charge >= 0.3 is 5.97 Å². The van der Waals surface area contributed by atoms with Crippen molar-refractivity contribution in [2.24, 2.45) is 0 Å². The van der Waals surface area contributed by atoms with Gasteiger partial charge < -0.3 is 5.11 Å². The quantitative estimate of drug-likeness (QED) is 0.666. The van der Waals surface area contributed by atoms with Crippen LogP contribution in [0.25, 0.3) is 0 Å². The van der Waals surface area contributed by atoms with Gasteiger partial charge in [-0.1, -0.05) is 19.1 Å².